The standard InChI is InChI=1S/C25H21FN2O4/c1-15-6-4-5-7-19(15)28-24(29)22(16-8-13-20(31-2)21(14-16)32-3)23(25(28)30)27-18-11-9-17(26)10-12-18/h4-14,27H,1-3H3. The Morgan fingerprint density at radius 1 is 0.844 bits per heavy atom. The highest BCUT2D eigenvalue weighted by atomic mass is 19.1. The molecule has 0 fully saturated rings. The fourth-order valence-electron chi connectivity index (χ4n) is 3.62. The summed E-state index contributed by atoms with van der Waals surface area (Å²) in [5.41, 5.74) is 2.52. The van der Waals surface area contributed by atoms with Gasteiger partial charge in [-0.15, -0.1) is 0 Å². The van der Waals surface area contributed by atoms with Crippen molar-refractivity contribution >= 4 is 28.8 Å². The molecule has 1 N–H and O–H groups in total. The van der Waals surface area contributed by atoms with E-state index in [4.69, 9.17) is 9.47 Å². The molecule has 1 aliphatic heterocycles. The maximum absolute atomic E-state index is 13.6. The lowest BCUT2D eigenvalue weighted by molar-refractivity contribution is -0.120. The lowest BCUT2D eigenvalue weighted by Gasteiger charge is -2.17. The van der Waals surface area contributed by atoms with E-state index in [0.717, 1.165) is 10.5 Å². The summed E-state index contributed by atoms with van der Waals surface area (Å²) in [4.78, 5) is 28.2. The van der Waals surface area contributed by atoms with Gasteiger partial charge in [0, 0.05) is 5.69 Å². The van der Waals surface area contributed by atoms with Crippen molar-refractivity contribution in [3.05, 3.63) is 89.4 Å². The Labute approximate surface area is 184 Å². The Hall–Kier alpha value is -4.13. The number of ether oxygens (including phenoxy) is 2. The summed E-state index contributed by atoms with van der Waals surface area (Å²) in [5, 5.41) is 3.01. The highest BCUT2D eigenvalue weighted by Gasteiger charge is 2.41. The maximum atomic E-state index is 13.6. The molecule has 162 valence electrons. The minimum atomic E-state index is -0.501. The smallest absolute Gasteiger partial charge is 0.282 e. The number of nitrogens with zero attached hydrogens (tertiary/aromatic N) is 1. The second-order valence-electron chi connectivity index (χ2n) is 7.18. The van der Waals surface area contributed by atoms with Crippen LogP contribution in [0.4, 0.5) is 15.8 Å². The van der Waals surface area contributed by atoms with Crippen molar-refractivity contribution in [1.82, 2.24) is 0 Å². The van der Waals surface area contributed by atoms with E-state index in [1.54, 1.807) is 30.3 Å². The van der Waals surface area contributed by atoms with Crippen molar-refractivity contribution in [3.63, 3.8) is 0 Å². The van der Waals surface area contributed by atoms with Gasteiger partial charge in [-0.05, 0) is 60.5 Å². The second-order valence-corrected chi connectivity index (χ2v) is 7.18. The number of anilines is 2. The molecule has 0 saturated carbocycles. The Morgan fingerprint density at radius 3 is 2.19 bits per heavy atom. The van der Waals surface area contributed by atoms with E-state index in [9.17, 15) is 14.0 Å². The van der Waals surface area contributed by atoms with Crippen molar-refractivity contribution in [3.8, 4) is 11.5 Å². The van der Waals surface area contributed by atoms with Gasteiger partial charge < -0.3 is 14.8 Å². The van der Waals surface area contributed by atoms with Crippen LogP contribution in [0.1, 0.15) is 11.1 Å². The zero-order valence-electron chi connectivity index (χ0n) is 17.8. The SMILES string of the molecule is COc1ccc(C2=C(Nc3ccc(F)cc3)C(=O)N(c3ccccc3C)C2=O)cc1OC. The maximum Gasteiger partial charge on any atom is 0.282 e. The topological polar surface area (TPSA) is 67.9 Å². The zero-order chi connectivity index (χ0) is 22.8. The minimum absolute atomic E-state index is 0.0945. The number of aryl methyl sites for hydroxylation is 1. The highest BCUT2D eigenvalue weighted by molar-refractivity contribution is 6.46. The van der Waals surface area contributed by atoms with Crippen LogP contribution in [0.15, 0.2) is 72.4 Å². The average molecular weight is 432 g/mol. The number of carbonyl (C=O) groups excluding carboxylic acids is 2. The first-order valence-electron chi connectivity index (χ1n) is 9.88. The molecule has 0 aliphatic carbocycles. The van der Waals surface area contributed by atoms with E-state index in [-0.39, 0.29) is 11.3 Å². The molecule has 0 aromatic heterocycles. The van der Waals surface area contributed by atoms with E-state index in [2.05, 4.69) is 5.32 Å². The minimum Gasteiger partial charge on any atom is -0.493 e. The molecule has 0 radical (unpaired) electrons. The van der Waals surface area contributed by atoms with Crippen LogP contribution in [0.25, 0.3) is 5.57 Å². The third-order valence-corrected chi connectivity index (χ3v) is 5.23. The first-order valence-corrected chi connectivity index (χ1v) is 9.88. The molecule has 7 heteroatoms. The van der Waals surface area contributed by atoms with Crippen LogP contribution in [0.3, 0.4) is 0 Å². The van der Waals surface area contributed by atoms with Gasteiger partial charge in [0.25, 0.3) is 11.8 Å². The van der Waals surface area contributed by atoms with E-state index < -0.39 is 17.6 Å². The molecule has 3 aromatic carbocycles. The molecule has 3 aromatic rings. The molecule has 0 atom stereocenters. The van der Waals surface area contributed by atoms with E-state index in [1.807, 2.05) is 19.1 Å². The van der Waals surface area contributed by atoms with Gasteiger partial charge in [-0.3, -0.25) is 9.59 Å². The summed E-state index contributed by atoms with van der Waals surface area (Å²) >= 11 is 0. The third-order valence-electron chi connectivity index (χ3n) is 5.23. The summed E-state index contributed by atoms with van der Waals surface area (Å²) in [6, 6.07) is 17.7. The summed E-state index contributed by atoms with van der Waals surface area (Å²) < 4.78 is 24.0. The number of para-hydroxylation sites is 1. The number of carbonyl (C=O) groups is 2. The number of nitrogens with one attached hydrogen (secondary N) is 1. The number of hydrogen-bond acceptors (Lipinski definition) is 5. The van der Waals surface area contributed by atoms with E-state index >= 15 is 0 Å². The molecule has 6 nitrogen and oxygen atoms in total. The van der Waals surface area contributed by atoms with Crippen LogP contribution in [0, 0.1) is 12.7 Å². The Morgan fingerprint density at radius 2 is 1.53 bits per heavy atom. The van der Waals surface area contributed by atoms with Crippen molar-refractivity contribution in [1.29, 1.82) is 0 Å². The molecule has 1 aliphatic rings. The average Bonchev–Trinajstić information content (AvgIpc) is 3.04. The van der Waals surface area contributed by atoms with Gasteiger partial charge in [0.2, 0.25) is 0 Å². The first-order chi connectivity index (χ1) is 15.4. The van der Waals surface area contributed by atoms with Crippen molar-refractivity contribution in [2.45, 2.75) is 6.92 Å². The molecule has 1 heterocycles. The van der Waals surface area contributed by atoms with Crippen molar-refractivity contribution in [2.75, 3.05) is 24.4 Å². The summed E-state index contributed by atoms with van der Waals surface area (Å²) in [6.45, 7) is 1.83. The number of rotatable bonds is 6. The normalized spacial score (nSPS) is 13.6. The summed E-state index contributed by atoms with van der Waals surface area (Å²) in [7, 11) is 3.01. The largest absolute Gasteiger partial charge is 0.493 e. The van der Waals surface area contributed by atoms with Gasteiger partial charge in [-0.25, -0.2) is 9.29 Å². The van der Waals surface area contributed by atoms with Gasteiger partial charge >= 0.3 is 0 Å². The van der Waals surface area contributed by atoms with E-state index in [0.29, 0.717) is 28.4 Å². The van der Waals surface area contributed by atoms with Crippen LogP contribution < -0.4 is 19.7 Å². The summed E-state index contributed by atoms with van der Waals surface area (Å²) in [6.07, 6.45) is 0. The number of methoxy groups -OCH3 is 2. The predicted molar refractivity (Wildman–Crippen MR) is 120 cm³/mol. The zero-order valence-corrected chi connectivity index (χ0v) is 17.8. The van der Waals surface area contributed by atoms with Crippen LogP contribution in [0.5, 0.6) is 11.5 Å². The van der Waals surface area contributed by atoms with Gasteiger partial charge in [0.05, 0.1) is 25.5 Å². The summed E-state index contributed by atoms with van der Waals surface area (Å²) in [5.74, 6) is -0.454. The predicted octanol–water partition coefficient (Wildman–Crippen LogP) is 4.55. The van der Waals surface area contributed by atoms with Gasteiger partial charge in [0.1, 0.15) is 11.5 Å². The number of imide groups is 1. The molecule has 0 spiro atoms. The highest BCUT2D eigenvalue weighted by Crippen LogP contribution is 2.38. The van der Waals surface area contributed by atoms with Gasteiger partial charge in [-0.1, -0.05) is 24.3 Å². The fourth-order valence-corrected chi connectivity index (χ4v) is 3.62. The second kappa shape index (κ2) is 8.55. The van der Waals surface area contributed by atoms with E-state index in [1.165, 1.54) is 38.5 Å². The monoisotopic (exact) mass is 432 g/mol. The molecular weight excluding hydrogens is 411 g/mol. The van der Waals surface area contributed by atoms with Crippen LogP contribution in [0.2, 0.25) is 0 Å². The number of hydrogen-bond donors (Lipinski definition) is 1. The van der Waals surface area contributed by atoms with Crippen LogP contribution in [-0.4, -0.2) is 26.0 Å². The van der Waals surface area contributed by atoms with Gasteiger partial charge in [-0.2, -0.15) is 0 Å². The van der Waals surface area contributed by atoms with Gasteiger partial charge in [0.15, 0.2) is 11.5 Å². The molecule has 0 saturated heterocycles. The lowest BCUT2D eigenvalue weighted by Crippen LogP contribution is -2.33. The molecule has 2 amide bonds. The molecule has 0 unspecified atom stereocenters. The fraction of sp³-hybridized carbons (Fsp3) is 0.120. The number of amides is 2. The number of halogens is 1. The van der Waals surface area contributed by atoms with Crippen molar-refractivity contribution in [2.24, 2.45) is 0 Å². The third kappa shape index (κ3) is 3.69. The molecule has 4 rings (SSSR count). The molecular formula is C25H21FN2O4. The Bertz CT molecular complexity index is 1230. The molecule has 32 heavy (non-hydrogen) atoms. The van der Waals surface area contributed by atoms with Crippen LogP contribution >= 0.6 is 0 Å². The Kier molecular flexibility index (Phi) is 5.64. The lowest BCUT2D eigenvalue weighted by atomic mass is 10.0. The Balaban J connectivity index is 1.86. The number of benzene rings is 3. The van der Waals surface area contributed by atoms with Crippen LogP contribution in [-0.2, 0) is 9.59 Å². The first kappa shape index (κ1) is 21.1. The quantitative estimate of drug-likeness (QED) is 0.579. The molecule has 0 bridgehead atoms. The van der Waals surface area contributed by atoms with Crippen molar-refractivity contribution < 1.29 is 23.5 Å².